The Morgan fingerprint density at radius 1 is 1.10 bits per heavy atom. The van der Waals surface area contributed by atoms with Crippen LogP contribution in [-0.4, -0.2) is 50.7 Å². The lowest BCUT2D eigenvalue weighted by Gasteiger charge is -2.23. The standard InChI is InChI=1S/C19H25N5O2S.2ClH/c1-10-11(2)22-23(4)18(25)15(10)17-20-12(3)16(27-17)19(26)24-8-7-13-5-6-14(9-24)21-13;;/h13-14,21H,5-9H2,1-4H3;2*1H. The molecule has 1 amide bonds. The van der Waals surface area contributed by atoms with Crippen molar-refractivity contribution in [3.63, 3.8) is 0 Å². The van der Waals surface area contributed by atoms with Gasteiger partial charge in [-0.15, -0.1) is 36.2 Å². The lowest BCUT2D eigenvalue weighted by Crippen LogP contribution is -2.39. The minimum atomic E-state index is -0.179. The topological polar surface area (TPSA) is 80.1 Å². The van der Waals surface area contributed by atoms with Gasteiger partial charge in [0.2, 0.25) is 0 Å². The minimum absolute atomic E-state index is 0. The normalized spacial score (nSPS) is 20.6. The number of amides is 1. The Bertz CT molecular complexity index is 974. The van der Waals surface area contributed by atoms with E-state index in [1.54, 1.807) is 7.05 Å². The zero-order valence-electron chi connectivity index (χ0n) is 17.0. The van der Waals surface area contributed by atoms with Crippen LogP contribution in [0, 0.1) is 20.8 Å². The van der Waals surface area contributed by atoms with Gasteiger partial charge in [0.05, 0.1) is 17.0 Å². The Morgan fingerprint density at radius 2 is 1.79 bits per heavy atom. The molecule has 2 unspecified atom stereocenters. The van der Waals surface area contributed by atoms with Crippen LogP contribution in [0.2, 0.25) is 0 Å². The summed E-state index contributed by atoms with van der Waals surface area (Å²) in [5, 5.41) is 8.44. The smallest absolute Gasteiger partial charge is 0.277 e. The van der Waals surface area contributed by atoms with Crippen LogP contribution in [0.5, 0.6) is 0 Å². The van der Waals surface area contributed by atoms with Crippen molar-refractivity contribution in [1.29, 1.82) is 0 Å². The third-order valence-electron chi connectivity index (χ3n) is 5.74. The molecule has 0 spiro atoms. The number of carbonyl (C=O) groups excluding carboxylic acids is 1. The Kier molecular flexibility index (Phi) is 7.48. The van der Waals surface area contributed by atoms with E-state index in [1.165, 1.54) is 22.4 Å². The Hall–Kier alpha value is -1.48. The van der Waals surface area contributed by atoms with E-state index in [9.17, 15) is 9.59 Å². The molecule has 2 aromatic rings. The first-order valence-corrected chi connectivity index (χ1v) is 10.2. The largest absolute Gasteiger partial charge is 0.336 e. The molecular formula is C19H27Cl2N5O2S. The van der Waals surface area contributed by atoms with Crippen LogP contribution in [0.4, 0.5) is 0 Å². The van der Waals surface area contributed by atoms with Crippen LogP contribution in [0.1, 0.15) is 45.9 Å². The second-order valence-electron chi connectivity index (χ2n) is 7.63. The van der Waals surface area contributed by atoms with Gasteiger partial charge in [0.15, 0.2) is 0 Å². The third-order valence-corrected chi connectivity index (χ3v) is 6.90. The van der Waals surface area contributed by atoms with Crippen LogP contribution in [0.3, 0.4) is 0 Å². The first kappa shape index (κ1) is 23.8. The van der Waals surface area contributed by atoms with Crippen molar-refractivity contribution in [2.45, 2.75) is 52.1 Å². The van der Waals surface area contributed by atoms with Crippen LogP contribution >= 0.6 is 36.2 Å². The number of hydrogen-bond donors (Lipinski definition) is 1. The number of rotatable bonds is 2. The molecule has 2 fully saturated rings. The van der Waals surface area contributed by atoms with Crippen molar-refractivity contribution in [3.05, 3.63) is 32.2 Å². The zero-order valence-corrected chi connectivity index (χ0v) is 19.5. The van der Waals surface area contributed by atoms with E-state index in [2.05, 4.69) is 15.4 Å². The predicted molar refractivity (Wildman–Crippen MR) is 120 cm³/mol. The summed E-state index contributed by atoms with van der Waals surface area (Å²) >= 11 is 1.32. The molecule has 0 radical (unpaired) electrons. The molecular weight excluding hydrogens is 433 g/mol. The molecule has 4 heterocycles. The van der Waals surface area contributed by atoms with E-state index in [0.29, 0.717) is 33.2 Å². The van der Waals surface area contributed by atoms with Crippen LogP contribution in [0.15, 0.2) is 4.79 Å². The molecule has 0 saturated carbocycles. The molecule has 4 rings (SSSR count). The molecule has 2 aliphatic rings. The highest BCUT2D eigenvalue weighted by Crippen LogP contribution is 2.30. The van der Waals surface area contributed by atoms with Gasteiger partial charge in [0, 0.05) is 32.2 Å². The van der Waals surface area contributed by atoms with E-state index < -0.39 is 0 Å². The summed E-state index contributed by atoms with van der Waals surface area (Å²) in [6.45, 7) is 7.13. The summed E-state index contributed by atoms with van der Waals surface area (Å²) in [7, 11) is 1.64. The van der Waals surface area contributed by atoms with E-state index in [1.807, 2.05) is 25.7 Å². The van der Waals surface area contributed by atoms with Crippen LogP contribution in [0.25, 0.3) is 10.6 Å². The maximum atomic E-state index is 13.2. The van der Waals surface area contributed by atoms with Gasteiger partial charge in [-0.05, 0) is 45.6 Å². The summed E-state index contributed by atoms with van der Waals surface area (Å²) in [4.78, 5) is 33.0. The van der Waals surface area contributed by atoms with Crippen molar-refractivity contribution in [1.82, 2.24) is 25.0 Å². The summed E-state index contributed by atoms with van der Waals surface area (Å²) in [5.74, 6) is 0.0332. The van der Waals surface area contributed by atoms with Gasteiger partial charge >= 0.3 is 0 Å². The highest BCUT2D eigenvalue weighted by Gasteiger charge is 2.33. The minimum Gasteiger partial charge on any atom is -0.336 e. The number of nitrogens with one attached hydrogen (secondary N) is 1. The molecule has 10 heteroatoms. The number of likely N-dealkylation sites (tertiary alicyclic amines) is 1. The number of thiazole rings is 1. The molecule has 1 N–H and O–H groups in total. The van der Waals surface area contributed by atoms with Gasteiger partial charge < -0.3 is 10.2 Å². The molecule has 2 aliphatic heterocycles. The lowest BCUT2D eigenvalue weighted by atomic mass is 10.1. The molecule has 0 aliphatic carbocycles. The van der Waals surface area contributed by atoms with Gasteiger partial charge in [-0.25, -0.2) is 9.67 Å². The van der Waals surface area contributed by atoms with Gasteiger partial charge in [0.25, 0.3) is 11.5 Å². The SMILES string of the molecule is Cc1nc(-c2c(C)c(C)nn(C)c2=O)sc1C(=O)N1CCC2CCC(C1)N2.Cl.Cl. The number of carbonyl (C=O) groups is 1. The molecule has 2 saturated heterocycles. The fourth-order valence-corrected chi connectivity index (χ4v) is 5.20. The fourth-order valence-electron chi connectivity index (χ4n) is 4.07. The van der Waals surface area contributed by atoms with Gasteiger partial charge in [-0.2, -0.15) is 5.10 Å². The molecule has 2 aromatic heterocycles. The summed E-state index contributed by atoms with van der Waals surface area (Å²) in [6, 6.07) is 0.933. The Balaban J connectivity index is 0.00000150. The van der Waals surface area contributed by atoms with Gasteiger partial charge in [-0.1, -0.05) is 0 Å². The highest BCUT2D eigenvalue weighted by molar-refractivity contribution is 7.17. The molecule has 29 heavy (non-hydrogen) atoms. The quantitative estimate of drug-likeness (QED) is 0.746. The molecule has 160 valence electrons. The molecule has 7 nitrogen and oxygen atoms in total. The fraction of sp³-hybridized carbons (Fsp3) is 0.579. The average molecular weight is 460 g/mol. The van der Waals surface area contributed by atoms with Crippen molar-refractivity contribution in [2.75, 3.05) is 13.1 Å². The van der Waals surface area contributed by atoms with Crippen LogP contribution < -0.4 is 10.9 Å². The predicted octanol–water partition coefficient (Wildman–Crippen LogP) is 2.64. The van der Waals surface area contributed by atoms with Crippen molar-refractivity contribution >= 4 is 42.1 Å². The van der Waals surface area contributed by atoms with Gasteiger partial charge in [0.1, 0.15) is 9.88 Å². The van der Waals surface area contributed by atoms with Crippen molar-refractivity contribution in [3.8, 4) is 10.6 Å². The molecule has 0 aromatic carbocycles. The van der Waals surface area contributed by atoms with Crippen molar-refractivity contribution < 1.29 is 4.79 Å². The third kappa shape index (κ3) is 4.35. The second-order valence-corrected chi connectivity index (χ2v) is 8.62. The van der Waals surface area contributed by atoms with E-state index in [4.69, 9.17) is 0 Å². The number of halogens is 2. The van der Waals surface area contributed by atoms with E-state index in [-0.39, 0.29) is 36.3 Å². The monoisotopic (exact) mass is 459 g/mol. The van der Waals surface area contributed by atoms with Gasteiger partial charge in [-0.3, -0.25) is 9.59 Å². The number of nitrogens with zero attached hydrogens (tertiary/aromatic N) is 4. The maximum absolute atomic E-state index is 13.2. The van der Waals surface area contributed by atoms with Crippen molar-refractivity contribution in [2.24, 2.45) is 7.05 Å². The first-order valence-electron chi connectivity index (χ1n) is 9.42. The summed E-state index contributed by atoms with van der Waals surface area (Å²) < 4.78 is 1.34. The zero-order chi connectivity index (χ0) is 19.3. The number of hydrogen-bond acceptors (Lipinski definition) is 6. The number of aromatic nitrogens is 3. The first-order chi connectivity index (χ1) is 12.8. The number of aryl methyl sites for hydroxylation is 3. The maximum Gasteiger partial charge on any atom is 0.277 e. The second kappa shape index (κ2) is 9.12. The summed E-state index contributed by atoms with van der Waals surface area (Å²) in [5.41, 5.74) is 2.68. The molecule has 2 atom stereocenters. The number of fused-ring (bicyclic) bond motifs is 2. The lowest BCUT2D eigenvalue weighted by molar-refractivity contribution is 0.0752. The van der Waals surface area contributed by atoms with E-state index >= 15 is 0 Å². The summed E-state index contributed by atoms with van der Waals surface area (Å²) in [6.07, 6.45) is 3.34. The Labute approximate surface area is 186 Å². The van der Waals surface area contributed by atoms with E-state index in [0.717, 1.165) is 37.2 Å². The molecule has 2 bridgehead atoms. The Morgan fingerprint density at radius 3 is 2.52 bits per heavy atom. The van der Waals surface area contributed by atoms with Crippen LogP contribution in [-0.2, 0) is 7.05 Å². The highest BCUT2D eigenvalue weighted by atomic mass is 35.5. The average Bonchev–Trinajstić information content (AvgIpc) is 3.15.